The number of alkyl halides is 1. The molecule has 6 atom stereocenters. The van der Waals surface area contributed by atoms with E-state index in [4.69, 9.17) is 0 Å². The molecule has 3 fully saturated rings. The van der Waals surface area contributed by atoms with Gasteiger partial charge in [0.25, 0.3) is 0 Å². The van der Waals surface area contributed by atoms with E-state index in [1.54, 1.807) is 0 Å². The van der Waals surface area contributed by atoms with Crippen LogP contribution in [0.4, 0.5) is 0 Å². The number of hydrogen-bond donors (Lipinski definition) is 2. The van der Waals surface area contributed by atoms with Gasteiger partial charge in [0.1, 0.15) is 0 Å². The highest BCUT2D eigenvalue weighted by Gasteiger charge is 2.42. The highest BCUT2D eigenvalue weighted by atomic mass is 79.9. The smallest absolute Gasteiger partial charge is 0.0602 e. The van der Waals surface area contributed by atoms with Crippen molar-refractivity contribution in [3.05, 3.63) is 0 Å². The van der Waals surface area contributed by atoms with Gasteiger partial charge >= 0.3 is 0 Å². The van der Waals surface area contributed by atoms with Crippen LogP contribution in [0.25, 0.3) is 0 Å². The van der Waals surface area contributed by atoms with E-state index in [9.17, 15) is 5.11 Å². The maximum absolute atomic E-state index is 10.2. The van der Waals surface area contributed by atoms with Crippen molar-refractivity contribution in [3.63, 3.8) is 0 Å². The Morgan fingerprint density at radius 3 is 2.71 bits per heavy atom. The fourth-order valence-electron chi connectivity index (χ4n) is 3.59. The second kappa shape index (κ2) is 5.40. The minimum absolute atomic E-state index is 0.113. The van der Waals surface area contributed by atoms with E-state index >= 15 is 0 Å². The third-order valence-corrected chi connectivity index (χ3v) is 7.12. The molecular weight excluding hydrogens is 298 g/mol. The van der Waals surface area contributed by atoms with Gasteiger partial charge in [-0.05, 0) is 32.1 Å². The van der Waals surface area contributed by atoms with Gasteiger partial charge in [0.2, 0.25) is 0 Å². The average Bonchev–Trinajstić information content (AvgIpc) is 2.72. The van der Waals surface area contributed by atoms with Gasteiger partial charge < -0.3 is 10.4 Å². The van der Waals surface area contributed by atoms with Crippen LogP contribution in [-0.4, -0.2) is 32.7 Å². The first-order chi connectivity index (χ1) is 8.24. The largest absolute Gasteiger partial charge is 0.393 e. The Morgan fingerprint density at radius 2 is 1.94 bits per heavy atom. The summed E-state index contributed by atoms with van der Waals surface area (Å²) in [6.07, 6.45) is 8.71. The van der Waals surface area contributed by atoms with Crippen molar-refractivity contribution in [1.82, 2.24) is 5.32 Å². The maximum Gasteiger partial charge on any atom is 0.0602 e. The topological polar surface area (TPSA) is 32.3 Å². The van der Waals surface area contributed by atoms with Crippen molar-refractivity contribution >= 4 is 27.7 Å². The first-order valence-electron chi connectivity index (χ1n) is 6.97. The number of rotatable bonds is 1. The molecule has 6 unspecified atom stereocenters. The summed E-state index contributed by atoms with van der Waals surface area (Å²) >= 11 is 5.76. The molecule has 0 aromatic rings. The normalized spacial score (nSPS) is 51.2. The van der Waals surface area contributed by atoms with E-state index < -0.39 is 0 Å². The Kier molecular flexibility index (Phi) is 4.05. The number of aliphatic hydroxyl groups excluding tert-OH is 1. The maximum atomic E-state index is 10.2. The molecule has 1 heterocycles. The summed E-state index contributed by atoms with van der Waals surface area (Å²) < 4.78 is 0. The number of fused-ring (bicyclic) bond motifs is 1. The molecule has 2 nitrogen and oxygen atoms in total. The molecule has 0 amide bonds. The molecule has 2 aliphatic carbocycles. The van der Waals surface area contributed by atoms with Gasteiger partial charge in [-0.2, -0.15) is 0 Å². The van der Waals surface area contributed by atoms with Crippen LogP contribution in [0.5, 0.6) is 0 Å². The standard InChI is InChI=1S/C13H22BrNOS/c14-8-5-6-9(11(16)7-8)13-15-10-3-1-2-4-12(10)17-13/h8-13,15-16H,1-7H2. The van der Waals surface area contributed by atoms with E-state index in [2.05, 4.69) is 33.0 Å². The summed E-state index contributed by atoms with van der Waals surface area (Å²) in [7, 11) is 0. The molecule has 0 bridgehead atoms. The Hall–Kier alpha value is 0.750. The zero-order valence-corrected chi connectivity index (χ0v) is 12.5. The number of thioether (sulfide) groups is 1. The zero-order chi connectivity index (χ0) is 11.8. The minimum atomic E-state index is -0.113. The second-order valence-electron chi connectivity index (χ2n) is 5.79. The van der Waals surface area contributed by atoms with Crippen molar-refractivity contribution in [2.45, 2.75) is 72.5 Å². The highest BCUT2D eigenvalue weighted by Crippen LogP contribution is 2.43. The Bertz CT molecular complexity index is 264. The summed E-state index contributed by atoms with van der Waals surface area (Å²) in [5, 5.41) is 15.4. The van der Waals surface area contributed by atoms with E-state index in [1.165, 1.54) is 38.5 Å². The Labute approximate surface area is 116 Å². The van der Waals surface area contributed by atoms with Crippen molar-refractivity contribution in [2.75, 3.05) is 0 Å². The molecule has 3 aliphatic rings. The number of halogens is 1. The molecule has 2 saturated carbocycles. The molecule has 1 aliphatic heterocycles. The predicted molar refractivity (Wildman–Crippen MR) is 76.6 cm³/mol. The van der Waals surface area contributed by atoms with Crippen molar-refractivity contribution in [2.24, 2.45) is 5.92 Å². The molecule has 0 spiro atoms. The van der Waals surface area contributed by atoms with E-state index in [0.29, 0.717) is 16.1 Å². The summed E-state index contributed by atoms with van der Waals surface area (Å²) in [5.74, 6) is 0.472. The summed E-state index contributed by atoms with van der Waals surface area (Å²) in [6.45, 7) is 0. The van der Waals surface area contributed by atoms with Crippen molar-refractivity contribution in [1.29, 1.82) is 0 Å². The molecule has 98 valence electrons. The molecule has 17 heavy (non-hydrogen) atoms. The number of hydrogen-bond acceptors (Lipinski definition) is 3. The molecule has 1 saturated heterocycles. The third-order valence-electron chi connectivity index (χ3n) is 4.60. The van der Waals surface area contributed by atoms with Crippen molar-refractivity contribution in [3.8, 4) is 0 Å². The van der Waals surface area contributed by atoms with Gasteiger partial charge in [-0.1, -0.05) is 28.8 Å². The average molecular weight is 320 g/mol. The van der Waals surface area contributed by atoms with Gasteiger partial charge in [-0.15, -0.1) is 11.8 Å². The van der Waals surface area contributed by atoms with Crippen LogP contribution >= 0.6 is 27.7 Å². The van der Waals surface area contributed by atoms with Crippen LogP contribution in [0.1, 0.15) is 44.9 Å². The molecule has 0 aromatic carbocycles. The van der Waals surface area contributed by atoms with E-state index in [1.807, 2.05) is 0 Å². The quantitative estimate of drug-likeness (QED) is 0.729. The molecule has 4 heteroatoms. The summed E-state index contributed by atoms with van der Waals surface area (Å²) in [5.41, 5.74) is 0. The monoisotopic (exact) mass is 319 g/mol. The molecule has 0 aromatic heterocycles. The predicted octanol–water partition coefficient (Wildman–Crippen LogP) is 2.88. The molecule has 0 radical (unpaired) electrons. The van der Waals surface area contributed by atoms with Gasteiger partial charge in [0, 0.05) is 22.0 Å². The van der Waals surface area contributed by atoms with E-state index in [-0.39, 0.29) is 6.10 Å². The van der Waals surface area contributed by atoms with Crippen LogP contribution in [0, 0.1) is 5.92 Å². The van der Waals surface area contributed by atoms with Gasteiger partial charge in [-0.3, -0.25) is 0 Å². The Morgan fingerprint density at radius 1 is 1.12 bits per heavy atom. The lowest BCUT2D eigenvalue weighted by atomic mass is 9.85. The van der Waals surface area contributed by atoms with Crippen LogP contribution in [0.2, 0.25) is 0 Å². The minimum Gasteiger partial charge on any atom is -0.393 e. The van der Waals surface area contributed by atoms with Crippen molar-refractivity contribution < 1.29 is 5.11 Å². The first-order valence-corrected chi connectivity index (χ1v) is 8.83. The summed E-state index contributed by atoms with van der Waals surface area (Å²) in [6, 6.07) is 0.729. The second-order valence-corrected chi connectivity index (χ2v) is 8.47. The summed E-state index contributed by atoms with van der Waals surface area (Å²) in [4.78, 5) is 0.530. The van der Waals surface area contributed by atoms with E-state index in [0.717, 1.165) is 17.7 Å². The molecule has 3 rings (SSSR count). The lowest BCUT2D eigenvalue weighted by Gasteiger charge is -2.34. The fraction of sp³-hybridized carbons (Fsp3) is 1.00. The van der Waals surface area contributed by atoms with Crippen LogP contribution in [0.3, 0.4) is 0 Å². The SMILES string of the molecule is OC1CC(Br)CCC1C1NC2CCCCC2S1. The highest BCUT2D eigenvalue weighted by molar-refractivity contribution is 9.09. The Balaban J connectivity index is 1.61. The van der Waals surface area contributed by atoms with Gasteiger partial charge in [0.15, 0.2) is 0 Å². The number of nitrogens with one attached hydrogen (secondary N) is 1. The zero-order valence-electron chi connectivity index (χ0n) is 10.1. The van der Waals surface area contributed by atoms with Crippen LogP contribution < -0.4 is 5.32 Å². The molecule has 2 N–H and O–H groups in total. The fourth-order valence-corrected chi connectivity index (χ4v) is 6.09. The van der Waals surface area contributed by atoms with Gasteiger partial charge in [0.05, 0.1) is 11.5 Å². The first kappa shape index (κ1) is 12.8. The lowest BCUT2D eigenvalue weighted by molar-refractivity contribution is 0.0668. The van der Waals surface area contributed by atoms with Gasteiger partial charge in [-0.25, -0.2) is 0 Å². The molecular formula is C13H22BrNOS. The lowest BCUT2D eigenvalue weighted by Crippen LogP contribution is -2.43. The number of aliphatic hydroxyl groups is 1. The van der Waals surface area contributed by atoms with Crippen LogP contribution in [-0.2, 0) is 0 Å². The van der Waals surface area contributed by atoms with Crippen LogP contribution in [0.15, 0.2) is 0 Å². The third kappa shape index (κ3) is 2.70.